The fourth-order valence-corrected chi connectivity index (χ4v) is 2.94. The maximum absolute atomic E-state index is 6.18. The minimum atomic E-state index is 0.260. The second-order valence-electron chi connectivity index (χ2n) is 5.13. The highest BCUT2D eigenvalue weighted by molar-refractivity contribution is 6.18. The molecule has 1 N–H and O–H groups in total. The average Bonchev–Trinajstić information content (AvgIpc) is 2.46. The van der Waals surface area contributed by atoms with Crippen molar-refractivity contribution in [2.45, 2.75) is 32.1 Å². The molecule has 1 saturated carbocycles. The lowest BCUT2D eigenvalue weighted by Gasteiger charge is -2.36. The summed E-state index contributed by atoms with van der Waals surface area (Å²) in [6.07, 6.45) is 8.16. The Morgan fingerprint density at radius 3 is 2.83 bits per heavy atom. The lowest BCUT2D eigenvalue weighted by Crippen LogP contribution is -2.33. The molecule has 100 valence electrons. The zero-order valence-corrected chi connectivity index (χ0v) is 11.7. The van der Waals surface area contributed by atoms with Gasteiger partial charge in [-0.25, -0.2) is 4.98 Å². The van der Waals surface area contributed by atoms with E-state index in [2.05, 4.69) is 10.3 Å². The van der Waals surface area contributed by atoms with Crippen LogP contribution in [0.4, 0.5) is 5.69 Å². The molecule has 0 radical (unpaired) electrons. The van der Waals surface area contributed by atoms with E-state index >= 15 is 0 Å². The summed E-state index contributed by atoms with van der Waals surface area (Å²) in [6.45, 7) is 0.934. The number of alkyl halides is 1. The predicted octanol–water partition coefficient (Wildman–Crippen LogP) is 3.69. The van der Waals surface area contributed by atoms with Crippen LogP contribution < -0.4 is 10.1 Å². The largest absolute Gasteiger partial charge is 0.481 e. The molecule has 0 spiro atoms. The molecule has 18 heavy (non-hydrogen) atoms. The highest BCUT2D eigenvalue weighted by atomic mass is 35.5. The first-order valence-electron chi connectivity index (χ1n) is 6.58. The van der Waals surface area contributed by atoms with Gasteiger partial charge in [-0.3, -0.25) is 0 Å². The Balaban J connectivity index is 1.96. The molecular formula is C14H21ClN2O. The minimum absolute atomic E-state index is 0.260. The lowest BCUT2D eigenvalue weighted by atomic mass is 9.75. The molecule has 0 amide bonds. The number of halogens is 1. The molecule has 0 aliphatic heterocycles. The average molecular weight is 269 g/mol. The van der Waals surface area contributed by atoms with E-state index in [0.717, 1.165) is 18.1 Å². The van der Waals surface area contributed by atoms with Crippen molar-refractivity contribution in [2.75, 3.05) is 24.9 Å². The zero-order valence-electron chi connectivity index (χ0n) is 10.9. The third-order valence-corrected chi connectivity index (χ3v) is 4.38. The maximum Gasteiger partial charge on any atom is 0.214 e. The van der Waals surface area contributed by atoms with E-state index in [-0.39, 0.29) is 5.41 Å². The quantitative estimate of drug-likeness (QED) is 0.827. The van der Waals surface area contributed by atoms with Gasteiger partial charge in [0.25, 0.3) is 0 Å². The molecule has 4 heteroatoms. The number of hydrogen-bond acceptors (Lipinski definition) is 3. The molecule has 0 saturated heterocycles. The minimum Gasteiger partial charge on any atom is -0.481 e. The fourth-order valence-electron chi connectivity index (χ4n) is 2.58. The van der Waals surface area contributed by atoms with E-state index in [4.69, 9.17) is 16.3 Å². The van der Waals surface area contributed by atoms with Gasteiger partial charge in [-0.2, -0.15) is 0 Å². The SMILES string of the molecule is COc1cc(NCC2(CCl)CCCCC2)ccn1. The van der Waals surface area contributed by atoms with Crippen LogP contribution in [0.2, 0.25) is 0 Å². The van der Waals surface area contributed by atoms with Crippen molar-refractivity contribution >= 4 is 17.3 Å². The molecule has 1 aliphatic rings. The molecule has 2 rings (SSSR count). The number of aromatic nitrogens is 1. The summed E-state index contributed by atoms with van der Waals surface area (Å²) >= 11 is 6.18. The van der Waals surface area contributed by atoms with Gasteiger partial charge in [0, 0.05) is 35.8 Å². The van der Waals surface area contributed by atoms with Gasteiger partial charge < -0.3 is 10.1 Å². The van der Waals surface area contributed by atoms with Gasteiger partial charge in [-0.1, -0.05) is 19.3 Å². The van der Waals surface area contributed by atoms with Crippen LogP contribution in [0.25, 0.3) is 0 Å². The Labute approximate surface area is 114 Å². The number of hydrogen-bond donors (Lipinski definition) is 1. The van der Waals surface area contributed by atoms with Crippen molar-refractivity contribution in [3.63, 3.8) is 0 Å². The van der Waals surface area contributed by atoms with Gasteiger partial charge in [0.1, 0.15) is 0 Å². The molecule has 3 nitrogen and oxygen atoms in total. The summed E-state index contributed by atoms with van der Waals surface area (Å²) in [5, 5.41) is 3.48. The van der Waals surface area contributed by atoms with E-state index in [1.165, 1.54) is 32.1 Å². The summed E-state index contributed by atoms with van der Waals surface area (Å²) < 4.78 is 5.12. The van der Waals surface area contributed by atoms with Crippen molar-refractivity contribution in [2.24, 2.45) is 5.41 Å². The number of pyridine rings is 1. The van der Waals surface area contributed by atoms with Crippen LogP contribution in [-0.4, -0.2) is 24.5 Å². The number of methoxy groups -OCH3 is 1. The van der Waals surface area contributed by atoms with Crippen molar-refractivity contribution in [3.8, 4) is 5.88 Å². The van der Waals surface area contributed by atoms with Crippen molar-refractivity contribution in [1.82, 2.24) is 4.98 Å². The maximum atomic E-state index is 6.18. The first kappa shape index (κ1) is 13.5. The molecule has 1 heterocycles. The second-order valence-corrected chi connectivity index (χ2v) is 5.40. The first-order chi connectivity index (χ1) is 8.78. The summed E-state index contributed by atoms with van der Waals surface area (Å²) in [4.78, 5) is 4.10. The Kier molecular flexibility index (Phi) is 4.70. The summed E-state index contributed by atoms with van der Waals surface area (Å²) in [5.74, 6) is 1.38. The Bertz CT molecular complexity index is 378. The standard InChI is InChI=1S/C14H21ClN2O/c1-18-13-9-12(5-8-16-13)17-11-14(10-15)6-3-2-4-7-14/h5,8-9H,2-4,6-7,10-11H2,1H3,(H,16,17). The van der Waals surface area contributed by atoms with Gasteiger partial charge in [0.15, 0.2) is 0 Å². The Morgan fingerprint density at radius 1 is 1.39 bits per heavy atom. The van der Waals surface area contributed by atoms with E-state index in [1.54, 1.807) is 13.3 Å². The lowest BCUT2D eigenvalue weighted by molar-refractivity contribution is 0.238. The smallest absolute Gasteiger partial charge is 0.214 e. The first-order valence-corrected chi connectivity index (χ1v) is 7.11. The van der Waals surface area contributed by atoms with E-state index in [1.807, 2.05) is 12.1 Å². The molecular weight excluding hydrogens is 248 g/mol. The van der Waals surface area contributed by atoms with Gasteiger partial charge in [-0.05, 0) is 18.9 Å². The van der Waals surface area contributed by atoms with Crippen LogP contribution in [0.3, 0.4) is 0 Å². The van der Waals surface area contributed by atoms with Gasteiger partial charge >= 0.3 is 0 Å². The summed E-state index contributed by atoms with van der Waals surface area (Å²) in [5.41, 5.74) is 1.31. The normalized spacial score (nSPS) is 18.3. The van der Waals surface area contributed by atoms with Crippen LogP contribution in [0.15, 0.2) is 18.3 Å². The number of ether oxygens (including phenoxy) is 1. The summed E-state index contributed by atoms with van der Waals surface area (Å²) in [7, 11) is 1.63. The van der Waals surface area contributed by atoms with Crippen LogP contribution in [0.5, 0.6) is 5.88 Å². The van der Waals surface area contributed by atoms with Crippen molar-refractivity contribution in [1.29, 1.82) is 0 Å². The predicted molar refractivity (Wildman–Crippen MR) is 75.5 cm³/mol. The van der Waals surface area contributed by atoms with Crippen LogP contribution in [-0.2, 0) is 0 Å². The molecule has 0 atom stereocenters. The highest BCUT2D eigenvalue weighted by Gasteiger charge is 2.30. The van der Waals surface area contributed by atoms with E-state index in [9.17, 15) is 0 Å². The molecule has 0 bridgehead atoms. The molecule has 1 aromatic heterocycles. The monoisotopic (exact) mass is 268 g/mol. The zero-order chi connectivity index (χ0) is 12.8. The topological polar surface area (TPSA) is 34.1 Å². The number of rotatable bonds is 5. The molecule has 0 unspecified atom stereocenters. The third kappa shape index (κ3) is 3.29. The van der Waals surface area contributed by atoms with Gasteiger partial charge in [0.2, 0.25) is 5.88 Å². The molecule has 0 aromatic carbocycles. The van der Waals surface area contributed by atoms with Gasteiger partial charge in [-0.15, -0.1) is 11.6 Å². The Hall–Kier alpha value is -0.960. The second kappa shape index (κ2) is 6.28. The van der Waals surface area contributed by atoms with Crippen molar-refractivity contribution < 1.29 is 4.74 Å². The van der Waals surface area contributed by atoms with Crippen LogP contribution >= 0.6 is 11.6 Å². The van der Waals surface area contributed by atoms with Crippen molar-refractivity contribution in [3.05, 3.63) is 18.3 Å². The fraction of sp³-hybridized carbons (Fsp3) is 0.643. The van der Waals surface area contributed by atoms with E-state index in [0.29, 0.717) is 5.88 Å². The summed E-state index contributed by atoms with van der Waals surface area (Å²) in [6, 6.07) is 3.89. The molecule has 1 fully saturated rings. The molecule has 1 aliphatic carbocycles. The third-order valence-electron chi connectivity index (χ3n) is 3.81. The number of nitrogens with zero attached hydrogens (tertiary/aromatic N) is 1. The highest BCUT2D eigenvalue weighted by Crippen LogP contribution is 2.37. The van der Waals surface area contributed by atoms with Crippen LogP contribution in [0.1, 0.15) is 32.1 Å². The van der Waals surface area contributed by atoms with Gasteiger partial charge in [0.05, 0.1) is 7.11 Å². The molecule has 1 aromatic rings. The van der Waals surface area contributed by atoms with E-state index < -0.39 is 0 Å². The Morgan fingerprint density at radius 2 is 2.17 bits per heavy atom. The van der Waals surface area contributed by atoms with Crippen LogP contribution in [0, 0.1) is 5.41 Å². The number of nitrogens with one attached hydrogen (secondary N) is 1. The number of anilines is 1.